The van der Waals surface area contributed by atoms with Crippen molar-refractivity contribution in [3.05, 3.63) is 30.0 Å². The molecule has 1 amide bonds. The first-order chi connectivity index (χ1) is 18.9. The highest BCUT2D eigenvalue weighted by molar-refractivity contribution is 7.91. The Morgan fingerprint density at radius 1 is 1.03 bits per heavy atom. The van der Waals surface area contributed by atoms with Crippen LogP contribution in [0.2, 0.25) is 0 Å². The van der Waals surface area contributed by atoms with Crippen molar-refractivity contribution in [2.45, 2.75) is 50.0 Å². The summed E-state index contributed by atoms with van der Waals surface area (Å²) in [7, 11) is -2.95. The number of sulfone groups is 1. The highest BCUT2D eigenvalue weighted by Crippen LogP contribution is 2.45. The maximum Gasteiger partial charge on any atom is 0.298 e. The average Bonchev–Trinajstić information content (AvgIpc) is 3.60. The van der Waals surface area contributed by atoms with Crippen molar-refractivity contribution in [2.24, 2.45) is 5.92 Å². The first kappa shape index (κ1) is 26.1. The molecule has 2 aliphatic heterocycles. The molecule has 0 bridgehead atoms. The molecule has 0 radical (unpaired) electrons. The van der Waals surface area contributed by atoms with E-state index in [0.29, 0.717) is 58.2 Å². The van der Waals surface area contributed by atoms with E-state index in [0.717, 1.165) is 48.4 Å². The van der Waals surface area contributed by atoms with Gasteiger partial charge in [0.05, 0.1) is 30.8 Å². The number of nitriles is 1. The minimum absolute atomic E-state index is 0.0654. The second-order valence-corrected chi connectivity index (χ2v) is 13.5. The molecule has 1 N–H and O–H groups in total. The molecule has 2 atom stereocenters. The fraction of sp³-hybridized carbons (Fsp3) is 0.607. The highest BCUT2D eigenvalue weighted by Gasteiger charge is 2.47. The molecular weight excluding hydrogens is 518 g/mol. The van der Waals surface area contributed by atoms with Gasteiger partial charge in [-0.1, -0.05) is 25.0 Å². The molecule has 2 aliphatic carbocycles. The molecule has 2 saturated carbocycles. The Kier molecular flexibility index (Phi) is 7.02. The first-order valence-corrected chi connectivity index (χ1v) is 15.8. The fourth-order valence-electron chi connectivity index (χ4n) is 5.95. The number of hydrogen-bond acceptors (Lipinski definition) is 9. The summed E-state index contributed by atoms with van der Waals surface area (Å²) in [6.45, 7) is 3.57. The molecule has 10 nitrogen and oxygen atoms in total. The molecule has 4 aliphatic rings. The number of oxazole rings is 1. The smallest absolute Gasteiger partial charge is 0.298 e. The SMILES string of the molecule is N#CC1(NC(=O)C2CCCCC2c2oc(N3CCOCC3)nc2-c2ccc(N3CCS(=O)(=O)CC3)cc2)CC1. The average molecular weight is 554 g/mol. The maximum atomic E-state index is 13.4. The summed E-state index contributed by atoms with van der Waals surface area (Å²) < 4.78 is 35.7. The topological polar surface area (TPSA) is 129 Å². The Balaban J connectivity index is 1.31. The number of hydrogen-bond donors (Lipinski definition) is 1. The number of rotatable bonds is 6. The first-order valence-electron chi connectivity index (χ1n) is 14.0. The molecule has 0 spiro atoms. The number of ether oxygens (including phenoxy) is 1. The largest absolute Gasteiger partial charge is 0.428 e. The molecule has 2 aromatic rings. The third kappa shape index (κ3) is 5.50. The van der Waals surface area contributed by atoms with Crippen LogP contribution in [-0.2, 0) is 19.4 Å². The number of nitrogens with one attached hydrogen (secondary N) is 1. The normalized spacial score (nSPS) is 26.0. The second-order valence-electron chi connectivity index (χ2n) is 11.2. The molecule has 4 fully saturated rings. The maximum absolute atomic E-state index is 13.4. The quantitative estimate of drug-likeness (QED) is 0.574. The summed E-state index contributed by atoms with van der Waals surface area (Å²) in [6, 6.07) is 10.9. The number of morpholine rings is 1. The van der Waals surface area contributed by atoms with Crippen LogP contribution < -0.4 is 15.1 Å². The summed E-state index contributed by atoms with van der Waals surface area (Å²) in [5.74, 6) is 0.604. The predicted molar refractivity (Wildman–Crippen MR) is 146 cm³/mol. The van der Waals surface area contributed by atoms with Crippen molar-refractivity contribution in [2.75, 3.05) is 60.7 Å². The lowest BCUT2D eigenvalue weighted by Gasteiger charge is -2.30. The van der Waals surface area contributed by atoms with Crippen LogP contribution >= 0.6 is 0 Å². The standard InChI is InChI=1S/C28H35N5O5S/c29-19-28(9-10-28)31-26(34)23-4-2-1-3-22(23)25-24(30-27(38-25)33-11-15-37-16-12-33)20-5-7-21(8-6-20)32-13-17-39(35,36)18-14-32/h5-8,22-23H,1-4,9-18H2,(H,31,34). The minimum Gasteiger partial charge on any atom is -0.428 e. The van der Waals surface area contributed by atoms with Crippen molar-refractivity contribution >= 4 is 27.4 Å². The van der Waals surface area contributed by atoms with E-state index in [2.05, 4.69) is 21.2 Å². The Hall–Kier alpha value is -3.10. The monoisotopic (exact) mass is 553 g/mol. The summed E-state index contributed by atoms with van der Waals surface area (Å²) in [4.78, 5) is 22.6. The van der Waals surface area contributed by atoms with Crippen LogP contribution in [0.4, 0.5) is 11.7 Å². The highest BCUT2D eigenvalue weighted by atomic mass is 32.2. The lowest BCUT2D eigenvalue weighted by atomic mass is 9.76. The number of carbonyl (C=O) groups is 1. The van der Waals surface area contributed by atoms with E-state index >= 15 is 0 Å². The van der Waals surface area contributed by atoms with Crippen molar-refractivity contribution in [1.29, 1.82) is 5.26 Å². The van der Waals surface area contributed by atoms with E-state index in [-0.39, 0.29) is 29.2 Å². The van der Waals surface area contributed by atoms with Gasteiger partial charge in [-0.3, -0.25) is 4.79 Å². The molecule has 2 saturated heterocycles. The summed E-state index contributed by atoms with van der Waals surface area (Å²) in [5.41, 5.74) is 1.93. The van der Waals surface area contributed by atoms with Crippen LogP contribution in [0.25, 0.3) is 11.3 Å². The second kappa shape index (κ2) is 10.5. The number of carbonyl (C=O) groups excluding carboxylic acids is 1. The van der Waals surface area contributed by atoms with Crippen LogP contribution in [0, 0.1) is 17.2 Å². The van der Waals surface area contributed by atoms with E-state index in [1.165, 1.54) is 0 Å². The summed E-state index contributed by atoms with van der Waals surface area (Å²) >= 11 is 0. The molecule has 39 heavy (non-hydrogen) atoms. The molecule has 208 valence electrons. The zero-order valence-electron chi connectivity index (χ0n) is 22.1. The molecule has 1 aromatic heterocycles. The van der Waals surface area contributed by atoms with Gasteiger partial charge in [-0.05, 0) is 37.8 Å². The molecule has 3 heterocycles. The van der Waals surface area contributed by atoms with E-state index in [1.807, 2.05) is 24.3 Å². The summed E-state index contributed by atoms with van der Waals surface area (Å²) in [6.07, 6.45) is 4.95. The zero-order valence-corrected chi connectivity index (χ0v) is 22.9. The van der Waals surface area contributed by atoms with E-state index in [4.69, 9.17) is 14.1 Å². The van der Waals surface area contributed by atoms with Gasteiger partial charge >= 0.3 is 0 Å². The van der Waals surface area contributed by atoms with Gasteiger partial charge in [0.15, 0.2) is 9.84 Å². The van der Waals surface area contributed by atoms with E-state index in [1.54, 1.807) is 0 Å². The Bertz CT molecular complexity index is 1340. The van der Waals surface area contributed by atoms with Crippen molar-refractivity contribution in [1.82, 2.24) is 10.3 Å². The third-order valence-corrected chi connectivity index (χ3v) is 10.1. The molecular formula is C28H35N5O5S. The van der Waals surface area contributed by atoms with Crippen LogP contribution in [0.3, 0.4) is 0 Å². The van der Waals surface area contributed by atoms with Crippen LogP contribution in [0.5, 0.6) is 0 Å². The molecule has 2 unspecified atom stereocenters. The van der Waals surface area contributed by atoms with E-state index < -0.39 is 15.4 Å². The van der Waals surface area contributed by atoms with Gasteiger partial charge in [-0.25, -0.2) is 8.42 Å². The zero-order chi connectivity index (χ0) is 27.0. The predicted octanol–water partition coefficient (Wildman–Crippen LogP) is 2.86. The number of anilines is 2. The van der Waals surface area contributed by atoms with Crippen molar-refractivity contribution in [3.8, 4) is 17.3 Å². The Morgan fingerprint density at radius 3 is 2.38 bits per heavy atom. The van der Waals surface area contributed by atoms with Gasteiger partial charge in [0.1, 0.15) is 17.0 Å². The van der Waals surface area contributed by atoms with Gasteiger partial charge in [0.2, 0.25) is 5.91 Å². The van der Waals surface area contributed by atoms with Gasteiger partial charge in [0.25, 0.3) is 6.01 Å². The van der Waals surface area contributed by atoms with Crippen molar-refractivity contribution in [3.63, 3.8) is 0 Å². The summed E-state index contributed by atoms with van der Waals surface area (Å²) in [5, 5.41) is 12.6. The van der Waals surface area contributed by atoms with Crippen molar-refractivity contribution < 1.29 is 22.4 Å². The van der Waals surface area contributed by atoms with E-state index in [9.17, 15) is 18.5 Å². The Morgan fingerprint density at radius 2 is 1.72 bits per heavy atom. The minimum atomic E-state index is -2.95. The van der Waals surface area contributed by atoms with Gasteiger partial charge in [-0.15, -0.1) is 0 Å². The lowest BCUT2D eigenvalue weighted by Crippen LogP contribution is -2.42. The van der Waals surface area contributed by atoms with Crippen LogP contribution in [-0.4, -0.2) is 75.7 Å². The van der Waals surface area contributed by atoms with Crippen LogP contribution in [0.1, 0.15) is 50.2 Å². The third-order valence-electron chi connectivity index (χ3n) is 8.54. The number of benzene rings is 1. The number of aromatic nitrogens is 1. The molecule has 11 heteroatoms. The van der Waals surface area contributed by atoms with Gasteiger partial charge in [-0.2, -0.15) is 10.2 Å². The fourth-order valence-corrected chi connectivity index (χ4v) is 7.15. The van der Waals surface area contributed by atoms with Gasteiger partial charge < -0.3 is 24.3 Å². The Labute approximate surface area is 229 Å². The molecule has 1 aromatic carbocycles. The van der Waals surface area contributed by atoms with Gasteiger partial charge in [0, 0.05) is 49.3 Å². The van der Waals surface area contributed by atoms with Crippen LogP contribution in [0.15, 0.2) is 28.7 Å². The number of amides is 1. The lowest BCUT2D eigenvalue weighted by molar-refractivity contribution is -0.127. The number of nitrogens with zero attached hydrogens (tertiary/aromatic N) is 4. The molecule has 6 rings (SSSR count).